The van der Waals surface area contributed by atoms with E-state index in [0.717, 1.165) is 49.7 Å². The van der Waals surface area contributed by atoms with Gasteiger partial charge in [-0.25, -0.2) is 0 Å². The lowest BCUT2D eigenvalue weighted by molar-refractivity contribution is -0.122. The van der Waals surface area contributed by atoms with Gasteiger partial charge < -0.3 is 21.3 Å². The third-order valence-electron chi connectivity index (χ3n) is 6.81. The highest BCUT2D eigenvalue weighted by molar-refractivity contribution is 5.97. The predicted molar refractivity (Wildman–Crippen MR) is 165 cm³/mol. The molecule has 8 nitrogen and oxygen atoms in total. The molecule has 0 fully saturated rings. The zero-order valence-corrected chi connectivity index (χ0v) is 24.2. The van der Waals surface area contributed by atoms with Gasteiger partial charge in [0.05, 0.1) is 0 Å². The Morgan fingerprint density at radius 3 is 1.19 bits per heavy atom. The maximum atomic E-state index is 12.4. The maximum Gasteiger partial charge on any atom is 0.251 e. The molecule has 0 radical (unpaired) electrons. The van der Waals surface area contributed by atoms with Gasteiger partial charge in [0.1, 0.15) is 0 Å². The lowest BCUT2D eigenvalue weighted by Crippen LogP contribution is -2.26. The van der Waals surface area contributed by atoms with Crippen molar-refractivity contribution in [1.82, 2.24) is 21.3 Å². The van der Waals surface area contributed by atoms with Gasteiger partial charge in [-0.05, 0) is 61.1 Å². The van der Waals surface area contributed by atoms with Crippen molar-refractivity contribution in [1.29, 1.82) is 0 Å². The average Bonchev–Trinajstić information content (AvgIpc) is 3.03. The molecular weight excluding hydrogens is 528 g/mol. The molecule has 0 saturated carbocycles. The van der Waals surface area contributed by atoms with Crippen LogP contribution in [0.5, 0.6) is 0 Å². The first-order valence-electron chi connectivity index (χ1n) is 14.8. The van der Waals surface area contributed by atoms with Crippen molar-refractivity contribution < 1.29 is 19.2 Å². The van der Waals surface area contributed by atoms with Gasteiger partial charge in [0.15, 0.2) is 0 Å². The number of unbranched alkanes of at least 4 members (excludes halogenated alkanes) is 4. The lowest BCUT2D eigenvalue weighted by atomic mass is 10.1. The molecule has 0 aromatic heterocycles. The van der Waals surface area contributed by atoms with Crippen LogP contribution in [0, 0.1) is 0 Å². The van der Waals surface area contributed by atoms with Crippen molar-refractivity contribution in [3.63, 3.8) is 0 Å². The number of benzene rings is 3. The summed E-state index contributed by atoms with van der Waals surface area (Å²) in [7, 11) is 0. The van der Waals surface area contributed by atoms with E-state index in [-0.39, 0.29) is 23.6 Å². The molecule has 0 bridgehead atoms. The van der Waals surface area contributed by atoms with Gasteiger partial charge in [0, 0.05) is 50.1 Å². The standard InChI is InChI=1S/C34H42N4O4/c39-31(37-25-27-13-5-1-6-14-27)17-9-3-11-23-35-33(41)29-19-21-30(22-20-29)34(42)36-24-12-4-10-18-32(40)38-26-28-15-7-2-8-16-28/h1-2,5-8,13-16,19-22H,3-4,9-12,17-18,23-26H2,(H,35,41)(H,36,42)(H,37,39)(H,38,40). The first-order chi connectivity index (χ1) is 20.5. The van der Waals surface area contributed by atoms with Crippen molar-refractivity contribution in [2.24, 2.45) is 0 Å². The van der Waals surface area contributed by atoms with Crippen LogP contribution in [0.4, 0.5) is 0 Å². The van der Waals surface area contributed by atoms with E-state index in [0.29, 0.717) is 50.1 Å². The van der Waals surface area contributed by atoms with Gasteiger partial charge >= 0.3 is 0 Å². The number of amides is 4. The molecule has 0 aliphatic heterocycles. The van der Waals surface area contributed by atoms with Crippen LogP contribution in [0.3, 0.4) is 0 Å². The molecule has 0 aliphatic carbocycles. The minimum absolute atomic E-state index is 0.0335. The molecule has 222 valence electrons. The highest BCUT2D eigenvalue weighted by Gasteiger charge is 2.09. The average molecular weight is 571 g/mol. The fourth-order valence-electron chi connectivity index (χ4n) is 4.33. The Morgan fingerprint density at radius 2 is 0.810 bits per heavy atom. The van der Waals surface area contributed by atoms with Crippen LogP contribution in [-0.4, -0.2) is 36.7 Å². The molecule has 0 heterocycles. The SMILES string of the molecule is O=C(CCCCCNC(=O)c1ccc(C(=O)NCCCCCC(=O)NCc2ccccc2)cc1)NCc1ccccc1. The fraction of sp³-hybridized carbons (Fsp3) is 0.353. The maximum absolute atomic E-state index is 12.4. The van der Waals surface area contributed by atoms with Crippen molar-refractivity contribution in [2.75, 3.05) is 13.1 Å². The Balaban J connectivity index is 1.19. The molecule has 3 aromatic rings. The van der Waals surface area contributed by atoms with E-state index in [1.165, 1.54) is 0 Å². The highest BCUT2D eigenvalue weighted by atomic mass is 16.2. The van der Waals surface area contributed by atoms with Gasteiger partial charge in [0.25, 0.3) is 11.8 Å². The number of carbonyl (C=O) groups is 4. The van der Waals surface area contributed by atoms with E-state index in [1.54, 1.807) is 24.3 Å². The molecule has 8 heteroatoms. The van der Waals surface area contributed by atoms with Crippen LogP contribution < -0.4 is 21.3 Å². The number of hydrogen-bond donors (Lipinski definition) is 4. The first-order valence-corrected chi connectivity index (χ1v) is 14.8. The molecule has 0 aliphatic rings. The van der Waals surface area contributed by atoms with E-state index in [9.17, 15) is 19.2 Å². The number of carbonyl (C=O) groups excluding carboxylic acids is 4. The lowest BCUT2D eigenvalue weighted by Gasteiger charge is -2.08. The zero-order valence-electron chi connectivity index (χ0n) is 24.2. The summed E-state index contributed by atoms with van der Waals surface area (Å²) in [5.41, 5.74) is 3.15. The second-order valence-corrected chi connectivity index (χ2v) is 10.2. The molecular formula is C34H42N4O4. The number of hydrogen-bond acceptors (Lipinski definition) is 4. The summed E-state index contributed by atoms with van der Waals surface area (Å²) in [5, 5.41) is 11.6. The highest BCUT2D eigenvalue weighted by Crippen LogP contribution is 2.07. The monoisotopic (exact) mass is 570 g/mol. The van der Waals surface area contributed by atoms with Crippen LogP contribution in [0.15, 0.2) is 84.9 Å². The van der Waals surface area contributed by atoms with Crippen molar-refractivity contribution >= 4 is 23.6 Å². The summed E-state index contributed by atoms with van der Waals surface area (Å²) in [4.78, 5) is 48.8. The molecule has 3 aromatic carbocycles. The molecule has 42 heavy (non-hydrogen) atoms. The van der Waals surface area contributed by atoms with E-state index < -0.39 is 0 Å². The topological polar surface area (TPSA) is 116 Å². The first kappa shape index (κ1) is 32.1. The summed E-state index contributed by atoms with van der Waals surface area (Å²) in [5.74, 6) is -0.303. The summed E-state index contributed by atoms with van der Waals surface area (Å²) in [6, 6.07) is 26.2. The molecule has 3 rings (SSSR count). The van der Waals surface area contributed by atoms with Gasteiger partial charge in [-0.1, -0.05) is 73.5 Å². The van der Waals surface area contributed by atoms with E-state index in [2.05, 4.69) is 21.3 Å². The van der Waals surface area contributed by atoms with Crippen LogP contribution in [0.1, 0.15) is 83.2 Å². The summed E-state index contributed by atoms with van der Waals surface area (Å²) < 4.78 is 0. The van der Waals surface area contributed by atoms with Gasteiger partial charge in [-0.3, -0.25) is 19.2 Å². The van der Waals surface area contributed by atoms with Crippen LogP contribution in [0.25, 0.3) is 0 Å². The minimum Gasteiger partial charge on any atom is -0.352 e. The Hall–Kier alpha value is -4.46. The Bertz CT molecular complexity index is 1150. The Morgan fingerprint density at radius 1 is 0.429 bits per heavy atom. The van der Waals surface area contributed by atoms with Crippen molar-refractivity contribution in [3.05, 3.63) is 107 Å². The van der Waals surface area contributed by atoms with Gasteiger partial charge in [-0.15, -0.1) is 0 Å². The summed E-state index contributed by atoms with van der Waals surface area (Å²) in [6.07, 6.45) is 5.74. The van der Waals surface area contributed by atoms with Crippen molar-refractivity contribution in [3.8, 4) is 0 Å². The minimum atomic E-state index is -0.185. The molecule has 4 N–H and O–H groups in total. The van der Waals surface area contributed by atoms with Crippen LogP contribution in [0.2, 0.25) is 0 Å². The smallest absolute Gasteiger partial charge is 0.251 e. The third-order valence-corrected chi connectivity index (χ3v) is 6.81. The molecule has 0 unspecified atom stereocenters. The summed E-state index contributed by atoms with van der Waals surface area (Å²) in [6.45, 7) is 2.13. The number of nitrogens with one attached hydrogen (secondary N) is 4. The largest absolute Gasteiger partial charge is 0.352 e. The molecule has 0 atom stereocenters. The Labute approximate surface area is 248 Å². The van der Waals surface area contributed by atoms with Gasteiger partial charge in [0.2, 0.25) is 11.8 Å². The molecule has 4 amide bonds. The predicted octanol–water partition coefficient (Wildman–Crippen LogP) is 4.90. The summed E-state index contributed by atoms with van der Waals surface area (Å²) >= 11 is 0. The molecule has 0 saturated heterocycles. The van der Waals surface area contributed by atoms with Gasteiger partial charge in [-0.2, -0.15) is 0 Å². The normalized spacial score (nSPS) is 10.5. The third kappa shape index (κ3) is 12.8. The quantitative estimate of drug-likeness (QED) is 0.163. The second-order valence-electron chi connectivity index (χ2n) is 10.2. The molecule has 0 spiro atoms. The van der Waals surface area contributed by atoms with Crippen LogP contribution >= 0.6 is 0 Å². The van der Waals surface area contributed by atoms with E-state index >= 15 is 0 Å². The Kier molecular flexibility index (Phi) is 14.4. The fourth-order valence-corrected chi connectivity index (χ4v) is 4.33. The van der Waals surface area contributed by atoms with E-state index in [1.807, 2.05) is 60.7 Å². The van der Waals surface area contributed by atoms with Crippen molar-refractivity contribution in [2.45, 2.75) is 64.5 Å². The van der Waals surface area contributed by atoms with E-state index in [4.69, 9.17) is 0 Å². The van der Waals surface area contributed by atoms with Crippen LogP contribution in [-0.2, 0) is 22.7 Å². The second kappa shape index (κ2) is 18.8. The number of rotatable bonds is 18. The zero-order chi connectivity index (χ0) is 29.8.